The number of primary amides is 1. The summed E-state index contributed by atoms with van der Waals surface area (Å²) in [5.41, 5.74) is 9.16. The van der Waals surface area contributed by atoms with Gasteiger partial charge in [0.1, 0.15) is 11.0 Å². The molecule has 0 fully saturated rings. The van der Waals surface area contributed by atoms with Crippen molar-refractivity contribution in [1.29, 1.82) is 0 Å². The summed E-state index contributed by atoms with van der Waals surface area (Å²) >= 11 is 4.57. The molecule has 0 saturated heterocycles. The third-order valence-electron chi connectivity index (χ3n) is 2.40. The van der Waals surface area contributed by atoms with Crippen LogP contribution in [0.1, 0.15) is 18.1 Å². The van der Waals surface area contributed by atoms with Gasteiger partial charge in [0.05, 0.1) is 5.56 Å². The SMILES string of the molecule is CC(Nc1ccc(C(N)=S)c(C(F)(F)F)c1)C(N)=O. The van der Waals surface area contributed by atoms with E-state index >= 15 is 0 Å². The van der Waals surface area contributed by atoms with Crippen LogP contribution in [0.5, 0.6) is 0 Å². The van der Waals surface area contributed by atoms with Gasteiger partial charge in [0, 0.05) is 11.3 Å². The fourth-order valence-corrected chi connectivity index (χ4v) is 1.58. The van der Waals surface area contributed by atoms with Crippen LogP contribution in [0.2, 0.25) is 0 Å². The lowest BCUT2D eigenvalue weighted by molar-refractivity contribution is -0.137. The van der Waals surface area contributed by atoms with Crippen molar-refractivity contribution in [3.05, 3.63) is 29.3 Å². The van der Waals surface area contributed by atoms with Crippen molar-refractivity contribution in [3.63, 3.8) is 0 Å². The van der Waals surface area contributed by atoms with Gasteiger partial charge in [0.2, 0.25) is 5.91 Å². The van der Waals surface area contributed by atoms with Crippen LogP contribution in [0.15, 0.2) is 18.2 Å². The Kier molecular flexibility index (Phi) is 4.35. The van der Waals surface area contributed by atoms with Gasteiger partial charge in [-0.05, 0) is 25.1 Å². The molecule has 1 unspecified atom stereocenters. The number of anilines is 1. The Bertz CT molecular complexity index is 516. The van der Waals surface area contributed by atoms with Gasteiger partial charge in [-0.25, -0.2) is 0 Å². The number of hydrogen-bond donors (Lipinski definition) is 3. The highest BCUT2D eigenvalue weighted by atomic mass is 32.1. The van der Waals surface area contributed by atoms with Crippen LogP contribution >= 0.6 is 12.2 Å². The van der Waals surface area contributed by atoms with E-state index in [9.17, 15) is 18.0 Å². The van der Waals surface area contributed by atoms with Crippen LogP contribution in [0, 0.1) is 0 Å². The van der Waals surface area contributed by atoms with Gasteiger partial charge in [0.15, 0.2) is 0 Å². The second-order valence-corrected chi connectivity index (χ2v) is 4.33. The van der Waals surface area contributed by atoms with Gasteiger partial charge in [-0.1, -0.05) is 12.2 Å². The van der Waals surface area contributed by atoms with E-state index in [1.54, 1.807) is 0 Å². The Balaban J connectivity index is 3.19. The second kappa shape index (κ2) is 5.43. The minimum Gasteiger partial charge on any atom is -0.389 e. The van der Waals surface area contributed by atoms with Crippen molar-refractivity contribution < 1.29 is 18.0 Å². The quantitative estimate of drug-likeness (QED) is 0.736. The standard InChI is InChI=1S/C11H12F3N3OS/c1-5(9(15)18)17-6-2-3-7(10(16)19)8(4-6)11(12,13)14/h2-5,17H,1H3,(H2,15,18)(H2,16,19). The van der Waals surface area contributed by atoms with E-state index in [2.05, 4.69) is 17.5 Å². The molecule has 0 heterocycles. The zero-order valence-corrected chi connectivity index (χ0v) is 10.7. The van der Waals surface area contributed by atoms with E-state index in [0.717, 1.165) is 12.1 Å². The molecule has 1 atom stereocenters. The molecule has 0 saturated carbocycles. The highest BCUT2D eigenvalue weighted by molar-refractivity contribution is 7.80. The molecule has 0 bridgehead atoms. The van der Waals surface area contributed by atoms with Crippen molar-refractivity contribution in [2.75, 3.05) is 5.32 Å². The second-order valence-electron chi connectivity index (χ2n) is 3.89. The molecule has 104 valence electrons. The third-order valence-corrected chi connectivity index (χ3v) is 2.62. The predicted octanol–water partition coefficient (Wildman–Crippen LogP) is 1.63. The largest absolute Gasteiger partial charge is 0.417 e. The average molecular weight is 291 g/mol. The topological polar surface area (TPSA) is 81.1 Å². The molecule has 1 amide bonds. The number of thiocarbonyl (C=S) groups is 1. The molecule has 4 nitrogen and oxygen atoms in total. The Morgan fingerprint density at radius 1 is 1.37 bits per heavy atom. The van der Waals surface area contributed by atoms with Crippen molar-refractivity contribution in [2.24, 2.45) is 11.5 Å². The first-order valence-electron chi connectivity index (χ1n) is 5.20. The van der Waals surface area contributed by atoms with Gasteiger partial charge in [-0.3, -0.25) is 4.79 Å². The molecule has 0 aliphatic rings. The fraction of sp³-hybridized carbons (Fsp3) is 0.273. The first-order valence-corrected chi connectivity index (χ1v) is 5.60. The number of halogens is 3. The van der Waals surface area contributed by atoms with E-state index in [1.165, 1.54) is 13.0 Å². The van der Waals surface area contributed by atoms with E-state index in [4.69, 9.17) is 11.5 Å². The van der Waals surface area contributed by atoms with Crippen LogP contribution in [0.25, 0.3) is 0 Å². The normalized spacial score (nSPS) is 12.8. The molecule has 1 aromatic carbocycles. The van der Waals surface area contributed by atoms with Gasteiger partial charge in [-0.2, -0.15) is 13.2 Å². The van der Waals surface area contributed by atoms with Crippen LogP contribution in [-0.2, 0) is 11.0 Å². The van der Waals surface area contributed by atoms with Crippen LogP contribution in [0.4, 0.5) is 18.9 Å². The lowest BCUT2D eigenvalue weighted by Gasteiger charge is -2.16. The van der Waals surface area contributed by atoms with Crippen molar-refractivity contribution in [2.45, 2.75) is 19.1 Å². The fourth-order valence-electron chi connectivity index (χ4n) is 1.40. The molecule has 0 radical (unpaired) electrons. The summed E-state index contributed by atoms with van der Waals surface area (Å²) in [5.74, 6) is -0.674. The number of hydrogen-bond acceptors (Lipinski definition) is 3. The summed E-state index contributed by atoms with van der Waals surface area (Å²) in [6.07, 6.45) is -4.59. The van der Waals surface area contributed by atoms with Crippen LogP contribution in [0.3, 0.4) is 0 Å². The maximum absolute atomic E-state index is 12.9. The molecule has 8 heteroatoms. The van der Waals surface area contributed by atoms with Crippen molar-refractivity contribution in [1.82, 2.24) is 0 Å². The van der Waals surface area contributed by atoms with Gasteiger partial charge >= 0.3 is 6.18 Å². The number of nitrogens with two attached hydrogens (primary N) is 2. The summed E-state index contributed by atoms with van der Waals surface area (Å²) in [6, 6.07) is 2.55. The van der Waals surface area contributed by atoms with E-state index < -0.39 is 23.7 Å². The monoisotopic (exact) mass is 291 g/mol. The number of nitrogens with one attached hydrogen (secondary N) is 1. The Morgan fingerprint density at radius 3 is 2.37 bits per heavy atom. The molecule has 5 N–H and O–H groups in total. The predicted molar refractivity (Wildman–Crippen MR) is 69.6 cm³/mol. The van der Waals surface area contributed by atoms with E-state index in [1.807, 2.05) is 0 Å². The highest BCUT2D eigenvalue weighted by Gasteiger charge is 2.34. The number of rotatable bonds is 4. The zero-order chi connectivity index (χ0) is 14.8. The van der Waals surface area contributed by atoms with E-state index in [-0.39, 0.29) is 16.2 Å². The molecule has 0 spiro atoms. The Morgan fingerprint density at radius 2 is 1.95 bits per heavy atom. The number of benzene rings is 1. The van der Waals surface area contributed by atoms with Crippen LogP contribution in [-0.4, -0.2) is 16.9 Å². The third kappa shape index (κ3) is 3.82. The molecule has 0 aliphatic carbocycles. The molecular weight excluding hydrogens is 279 g/mol. The number of amides is 1. The maximum Gasteiger partial charge on any atom is 0.417 e. The van der Waals surface area contributed by atoms with Gasteiger partial charge in [0.25, 0.3) is 0 Å². The molecule has 0 aromatic heterocycles. The molecule has 1 aromatic rings. The lowest BCUT2D eigenvalue weighted by atomic mass is 10.1. The smallest absolute Gasteiger partial charge is 0.389 e. The molecular formula is C11H12F3N3OS. The highest BCUT2D eigenvalue weighted by Crippen LogP contribution is 2.34. The summed E-state index contributed by atoms with van der Waals surface area (Å²) in [6.45, 7) is 1.44. The summed E-state index contributed by atoms with van der Waals surface area (Å²) in [5, 5.41) is 2.56. The zero-order valence-electron chi connectivity index (χ0n) is 9.91. The number of carbonyl (C=O) groups is 1. The average Bonchev–Trinajstić information content (AvgIpc) is 2.27. The lowest BCUT2D eigenvalue weighted by Crippen LogP contribution is -2.32. The summed E-state index contributed by atoms with van der Waals surface area (Å²) < 4.78 is 38.6. The van der Waals surface area contributed by atoms with Crippen LogP contribution < -0.4 is 16.8 Å². The van der Waals surface area contributed by atoms with E-state index in [0.29, 0.717) is 0 Å². The maximum atomic E-state index is 12.9. The molecule has 1 rings (SSSR count). The molecule has 19 heavy (non-hydrogen) atoms. The van der Waals surface area contributed by atoms with Gasteiger partial charge < -0.3 is 16.8 Å². The first kappa shape index (κ1) is 15.2. The number of alkyl halides is 3. The van der Waals surface area contributed by atoms with Crippen molar-refractivity contribution in [3.8, 4) is 0 Å². The van der Waals surface area contributed by atoms with Crippen molar-refractivity contribution >= 4 is 28.8 Å². The first-order chi connectivity index (χ1) is 8.62. The minimum atomic E-state index is -4.59. The summed E-state index contributed by atoms with van der Waals surface area (Å²) in [7, 11) is 0. The minimum absolute atomic E-state index is 0.110. The molecule has 0 aliphatic heterocycles. The Hall–Kier alpha value is -1.83. The van der Waals surface area contributed by atoms with Gasteiger partial charge in [-0.15, -0.1) is 0 Å². The Labute approximate surface area is 113 Å². The number of carbonyl (C=O) groups excluding carboxylic acids is 1. The summed E-state index contributed by atoms with van der Waals surface area (Å²) in [4.78, 5) is 10.5.